The second-order valence-corrected chi connectivity index (χ2v) is 5.22. The van der Waals surface area contributed by atoms with Crippen LogP contribution < -0.4 is 5.73 Å². The van der Waals surface area contributed by atoms with Gasteiger partial charge in [-0.25, -0.2) is 4.39 Å². The fraction of sp³-hybridized carbons (Fsp3) is 0.231. The molecule has 0 amide bonds. The van der Waals surface area contributed by atoms with Gasteiger partial charge in [-0.05, 0) is 40.5 Å². The Kier molecular flexibility index (Phi) is 4.43. The standard InChI is InChI=1S/C13H12BrClFNO/c14-10-5-4-9(13(16)12(10)15)11(17)6-3-8-2-1-7-18-8/h1-2,4-5,7,11H,3,6,17H2. The lowest BCUT2D eigenvalue weighted by atomic mass is 10.0. The summed E-state index contributed by atoms with van der Waals surface area (Å²) in [4.78, 5) is 0. The predicted octanol–water partition coefficient (Wildman–Crippen LogP) is 4.47. The average molecular weight is 333 g/mol. The molecule has 0 bridgehead atoms. The van der Waals surface area contributed by atoms with E-state index in [9.17, 15) is 4.39 Å². The molecular weight excluding hydrogens is 321 g/mol. The van der Waals surface area contributed by atoms with Gasteiger partial charge >= 0.3 is 0 Å². The molecule has 96 valence electrons. The number of hydrogen-bond acceptors (Lipinski definition) is 2. The summed E-state index contributed by atoms with van der Waals surface area (Å²) < 4.78 is 19.7. The molecule has 2 N–H and O–H groups in total. The Labute approximate surface area is 118 Å². The van der Waals surface area contributed by atoms with E-state index in [1.165, 1.54) is 0 Å². The Morgan fingerprint density at radius 2 is 2.17 bits per heavy atom. The minimum Gasteiger partial charge on any atom is -0.469 e. The first-order valence-corrected chi connectivity index (χ1v) is 6.68. The van der Waals surface area contributed by atoms with Gasteiger partial charge in [-0.1, -0.05) is 17.7 Å². The molecule has 1 atom stereocenters. The van der Waals surface area contributed by atoms with Gasteiger partial charge in [0.1, 0.15) is 11.6 Å². The van der Waals surface area contributed by atoms with Crippen LogP contribution in [0.5, 0.6) is 0 Å². The molecule has 5 heteroatoms. The summed E-state index contributed by atoms with van der Waals surface area (Å²) in [7, 11) is 0. The fourth-order valence-electron chi connectivity index (χ4n) is 1.74. The van der Waals surface area contributed by atoms with Gasteiger partial charge < -0.3 is 10.2 Å². The Hall–Kier alpha value is -0.840. The van der Waals surface area contributed by atoms with Crippen LogP contribution in [0.15, 0.2) is 39.4 Å². The van der Waals surface area contributed by atoms with Gasteiger partial charge in [0, 0.05) is 22.5 Å². The van der Waals surface area contributed by atoms with Crippen LogP contribution in [-0.4, -0.2) is 0 Å². The quantitative estimate of drug-likeness (QED) is 0.839. The molecule has 0 radical (unpaired) electrons. The van der Waals surface area contributed by atoms with Crippen molar-refractivity contribution >= 4 is 27.5 Å². The minimum atomic E-state index is -0.460. The summed E-state index contributed by atoms with van der Waals surface area (Å²) in [5.41, 5.74) is 6.40. The first-order chi connectivity index (χ1) is 8.59. The van der Waals surface area contributed by atoms with Crippen molar-refractivity contribution in [3.8, 4) is 0 Å². The molecule has 1 unspecified atom stereocenters. The van der Waals surface area contributed by atoms with Crippen molar-refractivity contribution in [3.05, 3.63) is 57.2 Å². The van der Waals surface area contributed by atoms with E-state index < -0.39 is 11.9 Å². The third kappa shape index (κ3) is 2.94. The molecular formula is C13H12BrClFNO. The highest BCUT2D eigenvalue weighted by Crippen LogP contribution is 2.31. The van der Waals surface area contributed by atoms with Crippen LogP contribution in [0.25, 0.3) is 0 Å². The summed E-state index contributed by atoms with van der Waals surface area (Å²) in [6, 6.07) is 6.64. The second-order valence-electron chi connectivity index (χ2n) is 3.99. The van der Waals surface area contributed by atoms with E-state index in [4.69, 9.17) is 21.8 Å². The molecule has 0 aliphatic rings. The zero-order valence-electron chi connectivity index (χ0n) is 9.50. The third-order valence-electron chi connectivity index (χ3n) is 2.75. The molecule has 0 fully saturated rings. The summed E-state index contributed by atoms with van der Waals surface area (Å²) in [5, 5.41) is 0.0703. The largest absolute Gasteiger partial charge is 0.469 e. The lowest BCUT2D eigenvalue weighted by Crippen LogP contribution is -2.13. The first kappa shape index (κ1) is 13.6. The number of nitrogens with two attached hydrogens (primary N) is 1. The van der Waals surface area contributed by atoms with Crippen LogP contribution in [-0.2, 0) is 6.42 Å². The van der Waals surface area contributed by atoms with Crippen LogP contribution in [0.4, 0.5) is 4.39 Å². The van der Waals surface area contributed by atoms with Crippen LogP contribution >= 0.6 is 27.5 Å². The Morgan fingerprint density at radius 1 is 1.39 bits per heavy atom. The summed E-state index contributed by atoms with van der Waals surface area (Å²) in [6.45, 7) is 0. The normalized spacial score (nSPS) is 12.7. The van der Waals surface area contributed by atoms with Gasteiger partial charge in [0.2, 0.25) is 0 Å². The van der Waals surface area contributed by atoms with Crippen LogP contribution in [0, 0.1) is 5.82 Å². The minimum absolute atomic E-state index is 0.0703. The van der Waals surface area contributed by atoms with Gasteiger partial charge in [0.25, 0.3) is 0 Å². The predicted molar refractivity (Wildman–Crippen MR) is 73.1 cm³/mol. The average Bonchev–Trinajstić information content (AvgIpc) is 2.86. The SMILES string of the molecule is NC(CCc1ccco1)c1ccc(Br)c(Cl)c1F. The van der Waals surface area contributed by atoms with E-state index >= 15 is 0 Å². The molecule has 1 aromatic carbocycles. The molecule has 1 aromatic heterocycles. The van der Waals surface area contributed by atoms with E-state index in [0.717, 1.165) is 5.76 Å². The summed E-state index contributed by atoms with van der Waals surface area (Å²) in [5.74, 6) is 0.382. The Morgan fingerprint density at radius 3 is 2.83 bits per heavy atom. The number of furan rings is 1. The van der Waals surface area contributed by atoms with Crippen LogP contribution in [0.3, 0.4) is 0 Å². The van der Waals surface area contributed by atoms with E-state index in [0.29, 0.717) is 22.9 Å². The highest BCUT2D eigenvalue weighted by Gasteiger charge is 2.16. The zero-order valence-corrected chi connectivity index (χ0v) is 11.8. The monoisotopic (exact) mass is 331 g/mol. The molecule has 0 aliphatic carbocycles. The maximum Gasteiger partial charge on any atom is 0.147 e. The van der Waals surface area contributed by atoms with Crippen molar-refractivity contribution < 1.29 is 8.81 Å². The van der Waals surface area contributed by atoms with Crippen LogP contribution in [0.1, 0.15) is 23.8 Å². The molecule has 0 saturated heterocycles. The molecule has 2 rings (SSSR count). The highest BCUT2D eigenvalue weighted by molar-refractivity contribution is 9.10. The number of benzene rings is 1. The maximum atomic E-state index is 13.9. The summed E-state index contributed by atoms with van der Waals surface area (Å²) in [6.07, 6.45) is 2.88. The Bertz CT molecular complexity index is 530. The number of hydrogen-bond donors (Lipinski definition) is 1. The fourth-order valence-corrected chi connectivity index (χ4v) is 2.21. The van der Waals surface area contributed by atoms with Crippen molar-refractivity contribution in [2.24, 2.45) is 5.73 Å². The van der Waals surface area contributed by atoms with Gasteiger partial charge in [-0.3, -0.25) is 0 Å². The van der Waals surface area contributed by atoms with E-state index in [1.54, 1.807) is 18.4 Å². The van der Waals surface area contributed by atoms with Crippen LogP contribution in [0.2, 0.25) is 5.02 Å². The van der Waals surface area contributed by atoms with Crippen molar-refractivity contribution in [1.29, 1.82) is 0 Å². The number of rotatable bonds is 4. The molecule has 0 saturated carbocycles. The van der Waals surface area contributed by atoms with Gasteiger partial charge in [0.15, 0.2) is 0 Å². The smallest absolute Gasteiger partial charge is 0.147 e. The van der Waals surface area contributed by atoms with Crippen molar-refractivity contribution in [2.45, 2.75) is 18.9 Å². The molecule has 0 aliphatic heterocycles. The van der Waals surface area contributed by atoms with Crippen molar-refractivity contribution in [1.82, 2.24) is 0 Å². The number of aryl methyl sites for hydroxylation is 1. The van der Waals surface area contributed by atoms with Crippen molar-refractivity contribution in [3.63, 3.8) is 0 Å². The summed E-state index contributed by atoms with van der Waals surface area (Å²) >= 11 is 9.00. The zero-order chi connectivity index (χ0) is 13.1. The molecule has 1 heterocycles. The third-order valence-corrected chi connectivity index (χ3v) is 4.00. The lowest BCUT2D eigenvalue weighted by molar-refractivity contribution is 0.482. The molecule has 0 spiro atoms. The maximum absolute atomic E-state index is 13.9. The molecule has 18 heavy (non-hydrogen) atoms. The van der Waals surface area contributed by atoms with E-state index in [-0.39, 0.29) is 5.02 Å². The lowest BCUT2D eigenvalue weighted by Gasteiger charge is -2.13. The second kappa shape index (κ2) is 5.87. The molecule has 2 nitrogen and oxygen atoms in total. The van der Waals surface area contributed by atoms with Gasteiger partial charge in [-0.15, -0.1) is 0 Å². The Balaban J connectivity index is 2.09. The highest BCUT2D eigenvalue weighted by atomic mass is 79.9. The first-order valence-electron chi connectivity index (χ1n) is 5.51. The van der Waals surface area contributed by atoms with E-state index in [1.807, 2.05) is 12.1 Å². The van der Waals surface area contributed by atoms with Gasteiger partial charge in [0.05, 0.1) is 11.3 Å². The topological polar surface area (TPSA) is 39.2 Å². The molecule has 2 aromatic rings. The van der Waals surface area contributed by atoms with E-state index in [2.05, 4.69) is 15.9 Å². The van der Waals surface area contributed by atoms with Crippen molar-refractivity contribution in [2.75, 3.05) is 0 Å². The number of halogens is 3. The van der Waals surface area contributed by atoms with Gasteiger partial charge in [-0.2, -0.15) is 0 Å².